The molecule has 1 rings (SSSR count). The molecule has 16 heavy (non-hydrogen) atoms. The van der Waals surface area contributed by atoms with Gasteiger partial charge in [-0.3, -0.25) is 0 Å². The summed E-state index contributed by atoms with van der Waals surface area (Å²) in [6, 6.07) is 2.82. The van der Waals surface area contributed by atoms with Gasteiger partial charge in [-0.05, 0) is 18.6 Å². The van der Waals surface area contributed by atoms with Gasteiger partial charge in [0.2, 0.25) is 10.0 Å². The Morgan fingerprint density at radius 2 is 2.19 bits per heavy atom. The Labute approximate surface area is 94.1 Å². The normalized spacial score (nSPS) is 11.4. The molecule has 1 aromatic rings. The third-order valence-electron chi connectivity index (χ3n) is 1.77. The van der Waals surface area contributed by atoms with Crippen LogP contribution < -0.4 is 10.0 Å². The predicted octanol–water partition coefficient (Wildman–Crippen LogP) is 0.572. The minimum atomic E-state index is -3.14. The second-order valence-corrected chi connectivity index (χ2v) is 5.11. The van der Waals surface area contributed by atoms with Crippen LogP contribution >= 0.6 is 0 Å². The second-order valence-electron chi connectivity index (χ2n) is 3.28. The van der Waals surface area contributed by atoms with Crippen LogP contribution in [-0.2, 0) is 10.0 Å². The largest absolute Gasteiger partial charge is 0.368 e. The highest BCUT2D eigenvalue weighted by Gasteiger charge is 2.01. The van der Waals surface area contributed by atoms with Crippen molar-refractivity contribution in [3.63, 3.8) is 0 Å². The van der Waals surface area contributed by atoms with E-state index < -0.39 is 15.8 Å². The number of halogens is 1. The molecule has 0 aliphatic carbocycles. The molecule has 0 saturated carbocycles. The average Bonchev–Trinajstić information content (AvgIpc) is 2.18. The van der Waals surface area contributed by atoms with Crippen LogP contribution in [0.3, 0.4) is 0 Å². The van der Waals surface area contributed by atoms with Gasteiger partial charge in [-0.25, -0.2) is 22.5 Å². The summed E-state index contributed by atoms with van der Waals surface area (Å²) in [5.41, 5.74) is 0. The number of nitrogens with zero attached hydrogens (tertiary/aromatic N) is 1. The molecular formula is C9H14FN3O2S. The van der Waals surface area contributed by atoms with E-state index in [4.69, 9.17) is 0 Å². The van der Waals surface area contributed by atoms with Crippen molar-refractivity contribution >= 4 is 15.8 Å². The molecule has 1 heterocycles. The molecule has 2 N–H and O–H groups in total. The van der Waals surface area contributed by atoms with Crippen molar-refractivity contribution in [1.29, 1.82) is 0 Å². The molecule has 0 radical (unpaired) electrons. The zero-order chi connectivity index (χ0) is 12.0. The molecule has 0 amide bonds. The van der Waals surface area contributed by atoms with E-state index in [2.05, 4.69) is 15.0 Å². The van der Waals surface area contributed by atoms with E-state index >= 15 is 0 Å². The number of anilines is 1. The van der Waals surface area contributed by atoms with Crippen molar-refractivity contribution in [2.45, 2.75) is 6.42 Å². The van der Waals surface area contributed by atoms with E-state index in [1.54, 1.807) is 0 Å². The molecule has 0 saturated heterocycles. The van der Waals surface area contributed by atoms with Crippen molar-refractivity contribution in [2.24, 2.45) is 0 Å². The summed E-state index contributed by atoms with van der Waals surface area (Å²) in [5.74, 6) is -0.236. The number of sulfonamides is 1. The van der Waals surface area contributed by atoms with Gasteiger partial charge < -0.3 is 5.32 Å². The molecule has 0 unspecified atom stereocenters. The highest BCUT2D eigenvalue weighted by Crippen LogP contribution is 2.07. The topological polar surface area (TPSA) is 71.1 Å². The Morgan fingerprint density at radius 3 is 2.81 bits per heavy atom. The molecule has 7 heteroatoms. The SMILES string of the molecule is CS(=O)(=O)NCCCNc1ncccc1F. The third kappa shape index (κ3) is 5.04. The minimum absolute atomic E-state index is 0.182. The Balaban J connectivity index is 2.24. The highest BCUT2D eigenvalue weighted by atomic mass is 32.2. The van der Waals surface area contributed by atoms with Gasteiger partial charge in [0.25, 0.3) is 0 Å². The van der Waals surface area contributed by atoms with E-state index in [9.17, 15) is 12.8 Å². The molecule has 0 aliphatic heterocycles. The van der Waals surface area contributed by atoms with Gasteiger partial charge in [-0.1, -0.05) is 0 Å². The maximum absolute atomic E-state index is 13.1. The van der Waals surface area contributed by atoms with E-state index in [0.29, 0.717) is 19.5 Å². The number of nitrogens with one attached hydrogen (secondary N) is 2. The van der Waals surface area contributed by atoms with Crippen molar-refractivity contribution in [1.82, 2.24) is 9.71 Å². The van der Waals surface area contributed by atoms with Crippen molar-refractivity contribution < 1.29 is 12.8 Å². The third-order valence-corrected chi connectivity index (χ3v) is 2.50. The number of hydrogen-bond donors (Lipinski definition) is 2. The second kappa shape index (κ2) is 5.76. The summed E-state index contributed by atoms with van der Waals surface area (Å²) < 4.78 is 36.8. The Morgan fingerprint density at radius 1 is 1.44 bits per heavy atom. The standard InChI is InChI=1S/C9H14FN3O2S/c1-16(14,15)13-7-3-6-12-9-8(10)4-2-5-11-9/h2,4-5,13H,3,6-7H2,1H3,(H,11,12). The summed E-state index contributed by atoms with van der Waals surface area (Å²) in [7, 11) is -3.14. The molecule has 1 aromatic heterocycles. The lowest BCUT2D eigenvalue weighted by atomic mass is 10.4. The van der Waals surface area contributed by atoms with Crippen LogP contribution in [0.5, 0.6) is 0 Å². The molecule has 90 valence electrons. The smallest absolute Gasteiger partial charge is 0.208 e. The summed E-state index contributed by atoms with van der Waals surface area (Å²) in [4.78, 5) is 3.80. The van der Waals surface area contributed by atoms with Gasteiger partial charge in [0.15, 0.2) is 11.6 Å². The molecule has 0 aromatic carbocycles. The van der Waals surface area contributed by atoms with Crippen LogP contribution in [0.4, 0.5) is 10.2 Å². The zero-order valence-electron chi connectivity index (χ0n) is 8.90. The summed E-state index contributed by atoms with van der Waals surface area (Å²) in [5, 5.41) is 2.78. The quantitative estimate of drug-likeness (QED) is 0.721. The number of hydrogen-bond acceptors (Lipinski definition) is 4. The Kier molecular flexibility index (Phi) is 4.63. The van der Waals surface area contributed by atoms with Gasteiger partial charge in [-0.15, -0.1) is 0 Å². The summed E-state index contributed by atoms with van der Waals surface area (Å²) in [6.07, 6.45) is 3.14. The van der Waals surface area contributed by atoms with Crippen molar-refractivity contribution in [2.75, 3.05) is 24.7 Å². The van der Waals surface area contributed by atoms with Crippen LogP contribution in [0, 0.1) is 5.82 Å². The van der Waals surface area contributed by atoms with Crippen LogP contribution in [0.15, 0.2) is 18.3 Å². The van der Waals surface area contributed by atoms with Crippen molar-refractivity contribution in [3.8, 4) is 0 Å². The molecular weight excluding hydrogens is 233 g/mol. The first-order valence-electron chi connectivity index (χ1n) is 4.78. The van der Waals surface area contributed by atoms with Gasteiger partial charge in [0, 0.05) is 19.3 Å². The molecule has 0 aliphatic rings. The first kappa shape index (κ1) is 12.9. The van der Waals surface area contributed by atoms with E-state index in [1.165, 1.54) is 18.3 Å². The van der Waals surface area contributed by atoms with Crippen LogP contribution in [0.2, 0.25) is 0 Å². The van der Waals surface area contributed by atoms with E-state index in [1.807, 2.05) is 0 Å². The fraction of sp³-hybridized carbons (Fsp3) is 0.444. The lowest BCUT2D eigenvalue weighted by Crippen LogP contribution is -2.24. The van der Waals surface area contributed by atoms with Gasteiger partial charge in [-0.2, -0.15) is 0 Å². The summed E-state index contributed by atoms with van der Waals surface area (Å²) in [6.45, 7) is 0.775. The molecule has 0 fully saturated rings. The number of pyridine rings is 1. The monoisotopic (exact) mass is 247 g/mol. The van der Waals surface area contributed by atoms with Crippen LogP contribution in [-0.4, -0.2) is 32.7 Å². The van der Waals surface area contributed by atoms with Crippen molar-refractivity contribution in [3.05, 3.63) is 24.1 Å². The minimum Gasteiger partial charge on any atom is -0.368 e. The number of aromatic nitrogens is 1. The molecule has 0 spiro atoms. The first-order valence-corrected chi connectivity index (χ1v) is 6.67. The first-order chi connectivity index (χ1) is 7.49. The maximum Gasteiger partial charge on any atom is 0.208 e. The number of rotatable bonds is 6. The molecule has 0 bridgehead atoms. The predicted molar refractivity (Wildman–Crippen MR) is 60.1 cm³/mol. The fourth-order valence-electron chi connectivity index (χ4n) is 1.07. The Hall–Kier alpha value is -1.21. The van der Waals surface area contributed by atoms with Gasteiger partial charge in [0.1, 0.15) is 0 Å². The van der Waals surface area contributed by atoms with Crippen LogP contribution in [0.1, 0.15) is 6.42 Å². The lowest BCUT2D eigenvalue weighted by Gasteiger charge is -2.06. The molecule has 0 atom stereocenters. The highest BCUT2D eigenvalue weighted by molar-refractivity contribution is 7.88. The van der Waals surface area contributed by atoms with Crippen LogP contribution in [0.25, 0.3) is 0 Å². The average molecular weight is 247 g/mol. The fourth-order valence-corrected chi connectivity index (χ4v) is 1.58. The zero-order valence-corrected chi connectivity index (χ0v) is 9.72. The summed E-state index contributed by atoms with van der Waals surface area (Å²) >= 11 is 0. The van der Waals surface area contributed by atoms with Gasteiger partial charge in [0.05, 0.1) is 6.26 Å². The maximum atomic E-state index is 13.1. The van der Waals surface area contributed by atoms with E-state index in [-0.39, 0.29) is 5.82 Å². The lowest BCUT2D eigenvalue weighted by molar-refractivity contribution is 0.586. The Bertz CT molecular complexity index is 436. The van der Waals surface area contributed by atoms with E-state index in [0.717, 1.165) is 6.26 Å². The molecule has 5 nitrogen and oxygen atoms in total. The van der Waals surface area contributed by atoms with Gasteiger partial charge >= 0.3 is 0 Å².